The van der Waals surface area contributed by atoms with Crippen LogP contribution in [0.15, 0.2) is 47.5 Å². The van der Waals surface area contributed by atoms with Crippen LogP contribution in [0.25, 0.3) is 0 Å². The minimum Gasteiger partial charge on any atom is -0.381 e. The first-order chi connectivity index (χ1) is 17.4. The van der Waals surface area contributed by atoms with Crippen molar-refractivity contribution in [2.45, 2.75) is 64.3 Å². The summed E-state index contributed by atoms with van der Waals surface area (Å²) in [6.07, 6.45) is 8.90. The number of likely N-dealkylation sites (tertiary alicyclic amines) is 1. The zero-order valence-electron chi connectivity index (χ0n) is 21.6. The Hall–Kier alpha value is -2.93. The molecule has 2 fully saturated rings. The van der Waals surface area contributed by atoms with Crippen molar-refractivity contribution in [1.82, 2.24) is 14.8 Å². The topological polar surface area (TPSA) is 80.6 Å². The predicted octanol–water partition coefficient (Wildman–Crippen LogP) is 4.00. The number of aromatic nitrogens is 1. The Labute approximate surface area is 213 Å². The highest BCUT2D eigenvalue weighted by Crippen LogP contribution is 2.34. The Morgan fingerprint density at radius 2 is 1.61 bits per heavy atom. The molecular weight excluding hydrogens is 454 g/mol. The summed E-state index contributed by atoms with van der Waals surface area (Å²) in [6.45, 7) is 7.74. The van der Waals surface area contributed by atoms with E-state index >= 15 is 0 Å². The summed E-state index contributed by atoms with van der Waals surface area (Å²) in [5.41, 5.74) is 0.560. The minimum absolute atomic E-state index is 0.0339. The van der Waals surface area contributed by atoms with Crippen LogP contribution in [0.2, 0.25) is 0 Å². The maximum absolute atomic E-state index is 13.5. The molecule has 36 heavy (non-hydrogen) atoms. The number of hydrogen-bond donors (Lipinski definition) is 1. The molecule has 1 N–H and O–H groups in total. The Balaban J connectivity index is 1.61. The van der Waals surface area contributed by atoms with Gasteiger partial charge in [0.1, 0.15) is 11.1 Å². The maximum Gasteiger partial charge on any atom is 0.259 e. The molecule has 2 aliphatic heterocycles. The summed E-state index contributed by atoms with van der Waals surface area (Å²) in [4.78, 5) is 42.1. The average molecular weight is 494 g/mol. The van der Waals surface area contributed by atoms with Gasteiger partial charge in [0.05, 0.1) is 0 Å². The van der Waals surface area contributed by atoms with Crippen LogP contribution in [0.5, 0.6) is 0 Å². The van der Waals surface area contributed by atoms with Gasteiger partial charge in [0.2, 0.25) is 5.43 Å². The van der Waals surface area contributed by atoms with Crippen LogP contribution in [-0.2, 0) is 16.7 Å². The molecule has 1 aromatic carbocycles. The van der Waals surface area contributed by atoms with Gasteiger partial charge in [-0.25, -0.2) is 0 Å². The second kappa shape index (κ2) is 11.9. The number of amides is 2. The molecule has 194 valence electrons. The number of nitrogens with one attached hydrogen (secondary N) is 1. The summed E-state index contributed by atoms with van der Waals surface area (Å²) in [6, 6.07) is 10.2. The molecule has 7 heteroatoms. The number of hydrogen-bond acceptors (Lipinski definition) is 4. The quantitative estimate of drug-likeness (QED) is 0.632. The predicted molar refractivity (Wildman–Crippen MR) is 140 cm³/mol. The maximum atomic E-state index is 13.5. The third kappa shape index (κ3) is 6.06. The lowest BCUT2D eigenvalue weighted by Crippen LogP contribution is -2.46. The Kier molecular flexibility index (Phi) is 8.62. The van der Waals surface area contributed by atoms with Crippen LogP contribution < -0.4 is 10.7 Å². The molecule has 0 unspecified atom stereocenters. The van der Waals surface area contributed by atoms with Crippen molar-refractivity contribution >= 4 is 11.8 Å². The Morgan fingerprint density at radius 3 is 2.25 bits per heavy atom. The van der Waals surface area contributed by atoms with E-state index in [1.54, 1.807) is 17.3 Å². The van der Waals surface area contributed by atoms with Crippen molar-refractivity contribution in [2.24, 2.45) is 5.92 Å². The van der Waals surface area contributed by atoms with Gasteiger partial charge in [-0.1, -0.05) is 57.0 Å². The number of rotatable bonds is 7. The second-order valence-corrected chi connectivity index (χ2v) is 10.7. The zero-order chi connectivity index (χ0) is 25.5. The van der Waals surface area contributed by atoms with Gasteiger partial charge < -0.3 is 19.5 Å². The van der Waals surface area contributed by atoms with Crippen molar-refractivity contribution < 1.29 is 14.3 Å². The van der Waals surface area contributed by atoms with E-state index in [0.717, 1.165) is 44.1 Å². The normalized spacial score (nSPS) is 18.0. The van der Waals surface area contributed by atoms with Gasteiger partial charge in [-0.3, -0.25) is 14.4 Å². The zero-order valence-corrected chi connectivity index (χ0v) is 21.6. The van der Waals surface area contributed by atoms with Crippen LogP contribution in [0.3, 0.4) is 0 Å². The van der Waals surface area contributed by atoms with Gasteiger partial charge in [0.25, 0.3) is 11.8 Å². The molecule has 0 aliphatic carbocycles. The van der Waals surface area contributed by atoms with Crippen LogP contribution in [0.1, 0.15) is 78.7 Å². The molecule has 2 amide bonds. The Morgan fingerprint density at radius 1 is 0.972 bits per heavy atom. The van der Waals surface area contributed by atoms with Crippen molar-refractivity contribution in [3.63, 3.8) is 0 Å². The lowest BCUT2D eigenvalue weighted by molar-refractivity contribution is 0.0487. The molecule has 1 aromatic heterocycles. The smallest absolute Gasteiger partial charge is 0.259 e. The lowest BCUT2D eigenvalue weighted by atomic mass is 9.74. The van der Waals surface area contributed by atoms with Crippen molar-refractivity contribution in [3.05, 3.63) is 69.6 Å². The third-order valence-corrected chi connectivity index (χ3v) is 7.45. The van der Waals surface area contributed by atoms with E-state index in [1.807, 2.05) is 22.8 Å². The first kappa shape index (κ1) is 26.1. The summed E-state index contributed by atoms with van der Waals surface area (Å²) < 4.78 is 7.44. The van der Waals surface area contributed by atoms with E-state index in [4.69, 9.17) is 4.74 Å². The van der Waals surface area contributed by atoms with E-state index in [0.29, 0.717) is 45.3 Å². The molecule has 2 aliphatic rings. The fourth-order valence-corrected chi connectivity index (χ4v) is 5.38. The number of nitrogens with zero attached hydrogens (tertiary/aromatic N) is 2. The lowest BCUT2D eigenvalue weighted by Gasteiger charge is -2.38. The Bertz CT molecular complexity index is 1100. The van der Waals surface area contributed by atoms with Gasteiger partial charge in [0.15, 0.2) is 0 Å². The number of carbonyl (C=O) groups is 2. The first-order valence-corrected chi connectivity index (χ1v) is 13.3. The standard InChI is InChI=1S/C29H39N3O4/c1-22(2)18-31-19-24(26(33)25(20-31)28(35)32-14-8-3-4-9-15-32)27(34)30-21-29(12-16-36-17-13-29)23-10-6-5-7-11-23/h5-7,10-11,19-20,22H,3-4,8-9,12-18,21H2,1-2H3,(H,30,34). The monoisotopic (exact) mass is 493 g/mol. The summed E-state index contributed by atoms with van der Waals surface area (Å²) in [7, 11) is 0. The summed E-state index contributed by atoms with van der Waals surface area (Å²) in [5.74, 6) is -0.391. The molecule has 2 saturated heterocycles. The highest BCUT2D eigenvalue weighted by molar-refractivity contribution is 5.99. The molecule has 0 saturated carbocycles. The third-order valence-electron chi connectivity index (χ3n) is 7.45. The van der Waals surface area contributed by atoms with Crippen LogP contribution >= 0.6 is 0 Å². The van der Waals surface area contributed by atoms with Gasteiger partial charge in [-0.2, -0.15) is 0 Å². The van der Waals surface area contributed by atoms with Gasteiger partial charge in [0, 0.05) is 57.2 Å². The van der Waals surface area contributed by atoms with E-state index in [1.165, 1.54) is 0 Å². The average Bonchev–Trinajstić information content (AvgIpc) is 3.18. The van der Waals surface area contributed by atoms with Crippen molar-refractivity contribution in [2.75, 3.05) is 32.8 Å². The highest BCUT2D eigenvalue weighted by Gasteiger charge is 2.35. The number of pyridine rings is 1. The van der Waals surface area contributed by atoms with E-state index in [-0.39, 0.29) is 22.4 Å². The molecule has 0 bridgehead atoms. The molecule has 4 rings (SSSR count). The fraction of sp³-hybridized carbons (Fsp3) is 0.552. The fourth-order valence-electron chi connectivity index (χ4n) is 5.38. The number of benzene rings is 1. The second-order valence-electron chi connectivity index (χ2n) is 10.7. The van der Waals surface area contributed by atoms with Crippen LogP contribution in [-0.4, -0.2) is 54.1 Å². The molecule has 3 heterocycles. The summed E-state index contributed by atoms with van der Waals surface area (Å²) in [5, 5.41) is 3.05. The number of ether oxygens (including phenoxy) is 1. The van der Waals surface area contributed by atoms with Crippen molar-refractivity contribution in [3.8, 4) is 0 Å². The van der Waals surface area contributed by atoms with E-state index < -0.39 is 11.3 Å². The van der Waals surface area contributed by atoms with Crippen molar-refractivity contribution in [1.29, 1.82) is 0 Å². The van der Waals surface area contributed by atoms with Crippen LogP contribution in [0.4, 0.5) is 0 Å². The largest absolute Gasteiger partial charge is 0.381 e. The molecule has 0 radical (unpaired) electrons. The SMILES string of the molecule is CC(C)Cn1cc(C(=O)NCC2(c3ccccc3)CCOCC2)c(=O)c(C(=O)N2CCCCCC2)c1. The summed E-state index contributed by atoms with van der Waals surface area (Å²) >= 11 is 0. The van der Waals surface area contributed by atoms with Gasteiger partial charge >= 0.3 is 0 Å². The minimum atomic E-state index is -0.484. The van der Waals surface area contributed by atoms with E-state index in [2.05, 4.69) is 31.3 Å². The van der Waals surface area contributed by atoms with Gasteiger partial charge in [-0.05, 0) is 37.2 Å². The molecule has 7 nitrogen and oxygen atoms in total. The van der Waals surface area contributed by atoms with Gasteiger partial charge in [-0.15, -0.1) is 0 Å². The molecular formula is C29H39N3O4. The molecule has 0 spiro atoms. The first-order valence-electron chi connectivity index (χ1n) is 13.3. The molecule has 0 atom stereocenters. The van der Waals surface area contributed by atoms with Crippen LogP contribution in [0, 0.1) is 5.92 Å². The number of carbonyl (C=O) groups excluding carboxylic acids is 2. The molecule has 2 aromatic rings. The highest BCUT2D eigenvalue weighted by atomic mass is 16.5. The van der Waals surface area contributed by atoms with E-state index in [9.17, 15) is 14.4 Å².